The molecule has 0 radical (unpaired) electrons. The Balaban J connectivity index is 2.74. The van der Waals surface area contributed by atoms with Gasteiger partial charge in [-0.1, -0.05) is 18.2 Å². The molecule has 0 saturated carbocycles. The maximum absolute atomic E-state index is 10.1. The van der Waals surface area contributed by atoms with Crippen LogP contribution >= 0.6 is 28.1 Å². The summed E-state index contributed by atoms with van der Waals surface area (Å²) in [7, 11) is 1.57. The Morgan fingerprint density at radius 1 is 1.30 bits per heavy atom. The van der Waals surface area contributed by atoms with Crippen LogP contribution in [0.1, 0.15) is 0 Å². The first-order valence-corrected chi connectivity index (χ1v) is 6.96. The van der Waals surface area contributed by atoms with Gasteiger partial charge in [0.05, 0.1) is 18.4 Å². The van der Waals surface area contributed by atoms with E-state index in [4.69, 9.17) is 22.7 Å². The summed E-state index contributed by atoms with van der Waals surface area (Å²) >= 11 is 8.35. The highest BCUT2D eigenvalue weighted by Crippen LogP contribution is 2.44. The zero-order valence-electron chi connectivity index (χ0n) is 10.7. The molecule has 0 atom stereocenters. The third-order valence-electron chi connectivity index (χ3n) is 2.76. The molecule has 4 nitrogen and oxygen atoms in total. The van der Waals surface area contributed by atoms with Crippen LogP contribution in [0.2, 0.25) is 0 Å². The number of rotatable bonds is 3. The number of phenolic OH excluding ortho intramolecular Hbond substituents is 1. The monoisotopic (exact) mass is 352 g/mol. The Hall–Kier alpha value is -1.79. The highest BCUT2D eigenvalue weighted by molar-refractivity contribution is 9.10. The molecule has 0 aromatic heterocycles. The molecule has 0 bridgehead atoms. The van der Waals surface area contributed by atoms with Crippen LogP contribution in [0.3, 0.4) is 0 Å². The van der Waals surface area contributed by atoms with E-state index in [1.54, 1.807) is 31.4 Å². The van der Waals surface area contributed by atoms with Crippen LogP contribution in [0.15, 0.2) is 40.9 Å². The zero-order valence-corrected chi connectivity index (χ0v) is 13.1. The van der Waals surface area contributed by atoms with Crippen molar-refractivity contribution in [2.24, 2.45) is 5.73 Å². The Bertz CT molecular complexity index is 662. The second-order valence-corrected chi connectivity index (χ2v) is 5.30. The van der Waals surface area contributed by atoms with Crippen LogP contribution in [0, 0.1) is 0 Å². The minimum atomic E-state index is 0.135. The molecule has 0 aliphatic carbocycles. The molecule has 20 heavy (non-hydrogen) atoms. The lowest BCUT2D eigenvalue weighted by Gasteiger charge is -2.17. The first-order chi connectivity index (χ1) is 9.54. The summed E-state index contributed by atoms with van der Waals surface area (Å²) in [5, 5.41) is 13.1. The van der Waals surface area contributed by atoms with E-state index < -0.39 is 0 Å². The van der Waals surface area contributed by atoms with Crippen molar-refractivity contribution in [1.82, 2.24) is 0 Å². The summed E-state index contributed by atoms with van der Waals surface area (Å²) in [5.74, 6) is 0.753. The fourth-order valence-electron chi connectivity index (χ4n) is 1.93. The van der Waals surface area contributed by atoms with Crippen molar-refractivity contribution in [1.29, 1.82) is 0 Å². The Morgan fingerprint density at radius 2 is 2.00 bits per heavy atom. The molecule has 2 rings (SSSR count). The van der Waals surface area contributed by atoms with Gasteiger partial charge in [-0.3, -0.25) is 0 Å². The maximum atomic E-state index is 10.1. The minimum Gasteiger partial charge on any atom is -0.507 e. The highest BCUT2D eigenvalue weighted by atomic mass is 79.9. The van der Waals surface area contributed by atoms with Crippen LogP contribution in [-0.4, -0.2) is 17.3 Å². The Morgan fingerprint density at radius 3 is 2.60 bits per heavy atom. The van der Waals surface area contributed by atoms with E-state index in [0.717, 1.165) is 4.47 Å². The van der Waals surface area contributed by atoms with Crippen molar-refractivity contribution in [3.8, 4) is 22.6 Å². The predicted octanol–water partition coefficient (Wildman–Crippen LogP) is 3.49. The topological polar surface area (TPSA) is 67.5 Å². The van der Waals surface area contributed by atoms with Crippen molar-refractivity contribution in [2.45, 2.75) is 0 Å². The van der Waals surface area contributed by atoms with Gasteiger partial charge in [0, 0.05) is 10.0 Å². The van der Waals surface area contributed by atoms with Crippen LogP contribution in [0.4, 0.5) is 5.69 Å². The minimum absolute atomic E-state index is 0.135. The number of benzene rings is 2. The molecule has 0 saturated heterocycles. The van der Waals surface area contributed by atoms with Gasteiger partial charge in [0.25, 0.3) is 0 Å². The molecule has 0 amide bonds. The Labute approximate surface area is 130 Å². The summed E-state index contributed by atoms with van der Waals surface area (Å²) in [4.78, 5) is 0. The summed E-state index contributed by atoms with van der Waals surface area (Å²) in [6.45, 7) is 0. The van der Waals surface area contributed by atoms with Crippen molar-refractivity contribution in [3.05, 3.63) is 40.9 Å². The number of aromatic hydroxyl groups is 1. The van der Waals surface area contributed by atoms with E-state index in [1.807, 2.05) is 12.1 Å². The molecule has 4 N–H and O–H groups in total. The largest absolute Gasteiger partial charge is 0.507 e. The molecule has 0 aliphatic rings. The molecular formula is C14H13BrN2O2S. The van der Waals surface area contributed by atoms with Crippen molar-refractivity contribution in [3.63, 3.8) is 0 Å². The van der Waals surface area contributed by atoms with E-state index in [1.165, 1.54) is 0 Å². The third kappa shape index (κ3) is 2.86. The molecule has 0 fully saturated rings. The van der Waals surface area contributed by atoms with Gasteiger partial charge in [-0.25, -0.2) is 0 Å². The SMILES string of the molecule is COc1ccc(Br)c(NC(N)=S)c1-c1ccccc1O. The molecule has 0 aliphatic heterocycles. The maximum Gasteiger partial charge on any atom is 0.168 e. The van der Waals surface area contributed by atoms with Gasteiger partial charge in [0.2, 0.25) is 0 Å². The standard InChI is InChI=1S/C14H13BrN2O2S/c1-19-11-7-6-9(15)13(17-14(16)20)12(11)8-4-2-3-5-10(8)18/h2-7,18H,1H3,(H3,16,17,20). The average molecular weight is 353 g/mol. The molecule has 104 valence electrons. The molecule has 6 heteroatoms. The van der Waals surface area contributed by atoms with Gasteiger partial charge in [0.1, 0.15) is 11.5 Å². The molecule has 0 unspecified atom stereocenters. The zero-order chi connectivity index (χ0) is 14.7. The summed E-state index contributed by atoms with van der Waals surface area (Å²) in [5.41, 5.74) is 7.53. The number of hydrogen-bond acceptors (Lipinski definition) is 3. The van der Waals surface area contributed by atoms with Crippen LogP contribution in [0.5, 0.6) is 11.5 Å². The average Bonchev–Trinajstić information content (AvgIpc) is 2.41. The smallest absolute Gasteiger partial charge is 0.168 e. The lowest BCUT2D eigenvalue weighted by atomic mass is 10.0. The fraction of sp³-hybridized carbons (Fsp3) is 0.0714. The molecular weight excluding hydrogens is 340 g/mol. The number of para-hydroxylation sites is 1. The van der Waals surface area contributed by atoms with Gasteiger partial charge in [-0.2, -0.15) is 0 Å². The Kier molecular flexibility index (Phi) is 4.46. The number of hydrogen-bond donors (Lipinski definition) is 3. The van der Waals surface area contributed by atoms with Crippen LogP contribution in [0.25, 0.3) is 11.1 Å². The summed E-state index contributed by atoms with van der Waals surface area (Å²) in [6.07, 6.45) is 0. The predicted molar refractivity (Wildman–Crippen MR) is 88.2 cm³/mol. The molecule has 2 aromatic carbocycles. The number of nitrogens with two attached hydrogens (primary N) is 1. The highest BCUT2D eigenvalue weighted by Gasteiger charge is 2.17. The number of anilines is 1. The van der Waals surface area contributed by atoms with E-state index in [9.17, 15) is 5.11 Å². The van der Waals surface area contributed by atoms with Crippen molar-refractivity contribution in [2.75, 3.05) is 12.4 Å². The van der Waals surface area contributed by atoms with Gasteiger partial charge < -0.3 is 20.9 Å². The second-order valence-electron chi connectivity index (χ2n) is 4.01. The number of halogens is 1. The van der Waals surface area contributed by atoms with Crippen LogP contribution < -0.4 is 15.8 Å². The summed E-state index contributed by atoms with van der Waals surface area (Å²) in [6, 6.07) is 10.6. The number of phenols is 1. The molecule has 2 aromatic rings. The normalized spacial score (nSPS) is 10.1. The van der Waals surface area contributed by atoms with Gasteiger partial charge in [0.15, 0.2) is 5.11 Å². The van der Waals surface area contributed by atoms with Gasteiger partial charge >= 0.3 is 0 Å². The lowest BCUT2D eigenvalue weighted by Crippen LogP contribution is -2.19. The second kappa shape index (κ2) is 6.11. The molecule has 0 spiro atoms. The number of methoxy groups -OCH3 is 1. The first kappa shape index (κ1) is 14.6. The van der Waals surface area contributed by atoms with Gasteiger partial charge in [-0.05, 0) is 46.3 Å². The van der Waals surface area contributed by atoms with E-state index in [2.05, 4.69) is 21.2 Å². The van der Waals surface area contributed by atoms with E-state index >= 15 is 0 Å². The number of nitrogens with one attached hydrogen (secondary N) is 1. The summed E-state index contributed by atoms with van der Waals surface area (Å²) < 4.78 is 6.14. The third-order valence-corrected chi connectivity index (χ3v) is 3.52. The van der Waals surface area contributed by atoms with Crippen molar-refractivity contribution >= 4 is 38.9 Å². The molecule has 0 heterocycles. The van der Waals surface area contributed by atoms with Crippen LogP contribution in [-0.2, 0) is 0 Å². The van der Waals surface area contributed by atoms with Crippen molar-refractivity contribution < 1.29 is 9.84 Å². The van der Waals surface area contributed by atoms with Gasteiger partial charge in [-0.15, -0.1) is 0 Å². The number of thiocarbonyl (C=S) groups is 1. The van der Waals surface area contributed by atoms with E-state index in [0.29, 0.717) is 22.6 Å². The quantitative estimate of drug-likeness (QED) is 0.737. The lowest BCUT2D eigenvalue weighted by molar-refractivity contribution is 0.416. The number of ether oxygens (including phenoxy) is 1. The van der Waals surface area contributed by atoms with E-state index in [-0.39, 0.29) is 10.9 Å². The fourth-order valence-corrected chi connectivity index (χ4v) is 2.46. The first-order valence-electron chi connectivity index (χ1n) is 5.76.